The highest BCUT2D eigenvalue weighted by Gasteiger charge is 2.03. The van der Waals surface area contributed by atoms with E-state index in [4.69, 9.17) is 17.3 Å². The smallest absolute Gasteiger partial charge is 0.335 e. The number of carboxylic acids is 1. The van der Waals surface area contributed by atoms with Crippen LogP contribution < -0.4 is 10.7 Å². The number of nitrogens with one attached hydrogen (secondary N) is 2. The molecule has 0 spiro atoms. The molecule has 0 radical (unpaired) electrons. The predicted molar refractivity (Wildman–Crippen MR) is 89.3 cm³/mol. The lowest BCUT2D eigenvalue weighted by atomic mass is 10.2. The van der Waals surface area contributed by atoms with E-state index >= 15 is 0 Å². The molecule has 0 saturated carbocycles. The Morgan fingerprint density at radius 2 is 2.09 bits per heavy atom. The first-order chi connectivity index (χ1) is 10.5. The third kappa shape index (κ3) is 4.64. The van der Waals surface area contributed by atoms with E-state index < -0.39 is 5.97 Å². The first kappa shape index (κ1) is 15.6. The fourth-order valence-electron chi connectivity index (χ4n) is 1.68. The molecule has 6 nitrogen and oxygen atoms in total. The Hall–Kier alpha value is -2.80. The molecule has 0 aliphatic carbocycles. The maximum atomic E-state index is 10.9. The Balaban J connectivity index is 1.93. The van der Waals surface area contributed by atoms with Gasteiger partial charge in [-0.3, -0.25) is 10.4 Å². The Kier molecular flexibility index (Phi) is 5.16. The quantitative estimate of drug-likeness (QED) is 0.456. The molecule has 1 heterocycles. The van der Waals surface area contributed by atoms with Crippen molar-refractivity contribution >= 4 is 35.2 Å². The van der Waals surface area contributed by atoms with Gasteiger partial charge < -0.3 is 10.4 Å². The normalized spacial score (nSPS) is 10.4. The Morgan fingerprint density at radius 3 is 2.82 bits per heavy atom. The number of hydrogen-bond donors (Lipinski definition) is 3. The number of hydrazone groups is 1. The van der Waals surface area contributed by atoms with Gasteiger partial charge in [0, 0.05) is 11.4 Å². The molecule has 3 N–H and O–H groups in total. The molecule has 2 rings (SSSR count). The summed E-state index contributed by atoms with van der Waals surface area (Å²) in [5.41, 5.74) is 5.01. The van der Waals surface area contributed by atoms with Gasteiger partial charge in [0.1, 0.15) is 0 Å². The second-order valence-corrected chi connectivity index (χ2v) is 4.82. The highest BCUT2D eigenvalue weighted by molar-refractivity contribution is 7.80. The van der Waals surface area contributed by atoms with Crippen molar-refractivity contribution in [3.8, 4) is 0 Å². The minimum Gasteiger partial charge on any atom is -0.478 e. The molecular weight excluding hydrogens is 300 g/mol. The molecule has 22 heavy (non-hydrogen) atoms. The zero-order valence-corrected chi connectivity index (χ0v) is 12.6. The second kappa shape index (κ2) is 7.28. The van der Waals surface area contributed by atoms with E-state index in [2.05, 4.69) is 20.8 Å². The first-order valence-electron chi connectivity index (χ1n) is 6.41. The van der Waals surface area contributed by atoms with Gasteiger partial charge in [0.2, 0.25) is 0 Å². The molecule has 0 amide bonds. The summed E-state index contributed by atoms with van der Waals surface area (Å²) >= 11 is 5.08. The number of nitrogens with zero attached hydrogens (tertiary/aromatic N) is 2. The maximum absolute atomic E-state index is 10.9. The standard InChI is InChI=1S/C15H14N4O2S/c1-10-4-2-7-13(17-10)9-16-19-15(22)18-12-6-3-5-11(8-12)14(20)21/h2-9H,1H3,(H,20,21)(H2,18,19,22)/b16-9+. The zero-order valence-electron chi connectivity index (χ0n) is 11.8. The highest BCUT2D eigenvalue weighted by Crippen LogP contribution is 2.10. The number of rotatable bonds is 4. The number of pyridine rings is 1. The third-order valence-electron chi connectivity index (χ3n) is 2.64. The number of thiocarbonyl (C=S) groups is 1. The monoisotopic (exact) mass is 314 g/mol. The van der Waals surface area contributed by atoms with Gasteiger partial charge in [-0.1, -0.05) is 12.1 Å². The molecule has 7 heteroatoms. The summed E-state index contributed by atoms with van der Waals surface area (Å²) in [5.74, 6) is -0.994. The van der Waals surface area contributed by atoms with Crippen molar-refractivity contribution in [1.82, 2.24) is 10.4 Å². The van der Waals surface area contributed by atoms with Crippen LogP contribution >= 0.6 is 12.2 Å². The van der Waals surface area contributed by atoms with Gasteiger partial charge in [0.15, 0.2) is 5.11 Å². The largest absolute Gasteiger partial charge is 0.478 e. The molecule has 112 valence electrons. The molecule has 0 unspecified atom stereocenters. The summed E-state index contributed by atoms with van der Waals surface area (Å²) < 4.78 is 0. The zero-order chi connectivity index (χ0) is 15.9. The van der Waals surface area contributed by atoms with Crippen molar-refractivity contribution in [3.63, 3.8) is 0 Å². The molecule has 0 atom stereocenters. The number of anilines is 1. The molecule has 1 aromatic heterocycles. The molecular formula is C15H14N4O2S. The van der Waals surface area contributed by atoms with Crippen LogP contribution in [0.5, 0.6) is 0 Å². The van der Waals surface area contributed by atoms with E-state index in [0.717, 1.165) is 5.69 Å². The number of aromatic nitrogens is 1. The SMILES string of the molecule is Cc1cccc(/C=N/NC(=S)Nc2cccc(C(=O)O)c2)n1. The molecule has 0 fully saturated rings. The highest BCUT2D eigenvalue weighted by atomic mass is 32.1. The topological polar surface area (TPSA) is 86.6 Å². The lowest BCUT2D eigenvalue weighted by Crippen LogP contribution is -2.24. The number of hydrogen-bond acceptors (Lipinski definition) is 4. The van der Waals surface area contributed by atoms with Crippen LogP contribution in [-0.2, 0) is 0 Å². The van der Waals surface area contributed by atoms with Gasteiger partial charge >= 0.3 is 5.97 Å². The van der Waals surface area contributed by atoms with Crippen molar-refractivity contribution in [3.05, 3.63) is 59.4 Å². The fraction of sp³-hybridized carbons (Fsp3) is 0.0667. The number of aryl methyl sites for hydroxylation is 1. The van der Waals surface area contributed by atoms with Crippen LogP contribution in [0, 0.1) is 6.92 Å². The van der Waals surface area contributed by atoms with Crippen molar-refractivity contribution in [1.29, 1.82) is 0 Å². The Labute approximate surface area is 132 Å². The third-order valence-corrected chi connectivity index (χ3v) is 2.83. The van der Waals surface area contributed by atoms with Crippen molar-refractivity contribution < 1.29 is 9.90 Å². The molecule has 0 saturated heterocycles. The summed E-state index contributed by atoms with van der Waals surface area (Å²) in [6, 6.07) is 11.9. The van der Waals surface area contributed by atoms with Gasteiger partial charge in [0.05, 0.1) is 17.5 Å². The van der Waals surface area contributed by atoms with Crippen LogP contribution in [0.25, 0.3) is 0 Å². The Bertz CT molecular complexity index is 731. The van der Waals surface area contributed by atoms with Crippen LogP contribution in [0.4, 0.5) is 5.69 Å². The number of carboxylic acid groups (broad SMARTS) is 1. The maximum Gasteiger partial charge on any atom is 0.335 e. The summed E-state index contributed by atoms with van der Waals surface area (Å²) in [4.78, 5) is 15.2. The summed E-state index contributed by atoms with van der Waals surface area (Å²) in [5, 5.41) is 16.0. The van der Waals surface area contributed by atoms with E-state index in [-0.39, 0.29) is 10.7 Å². The van der Waals surface area contributed by atoms with Crippen LogP contribution in [-0.4, -0.2) is 27.4 Å². The molecule has 0 aliphatic rings. The van der Waals surface area contributed by atoms with Crippen LogP contribution in [0.3, 0.4) is 0 Å². The average molecular weight is 314 g/mol. The molecule has 0 bridgehead atoms. The van der Waals surface area contributed by atoms with Gasteiger partial charge in [-0.05, 0) is 49.5 Å². The van der Waals surface area contributed by atoms with E-state index in [1.165, 1.54) is 12.1 Å². The van der Waals surface area contributed by atoms with Crippen LogP contribution in [0.2, 0.25) is 0 Å². The van der Waals surface area contributed by atoms with E-state index in [1.54, 1.807) is 18.3 Å². The van der Waals surface area contributed by atoms with Gasteiger partial charge in [-0.15, -0.1) is 0 Å². The van der Waals surface area contributed by atoms with Crippen molar-refractivity contribution in [2.45, 2.75) is 6.92 Å². The molecule has 1 aromatic carbocycles. The Morgan fingerprint density at radius 1 is 1.32 bits per heavy atom. The van der Waals surface area contributed by atoms with Crippen LogP contribution in [0.15, 0.2) is 47.6 Å². The number of aromatic carboxylic acids is 1. The second-order valence-electron chi connectivity index (χ2n) is 4.41. The van der Waals surface area contributed by atoms with Gasteiger partial charge in [-0.2, -0.15) is 5.10 Å². The number of carbonyl (C=O) groups is 1. The summed E-state index contributed by atoms with van der Waals surface area (Å²) in [7, 11) is 0. The fourth-order valence-corrected chi connectivity index (χ4v) is 1.85. The summed E-state index contributed by atoms with van der Waals surface area (Å²) in [6.07, 6.45) is 1.55. The molecule has 2 aromatic rings. The van der Waals surface area contributed by atoms with E-state index in [1.807, 2.05) is 25.1 Å². The van der Waals surface area contributed by atoms with Crippen molar-refractivity contribution in [2.75, 3.05) is 5.32 Å². The van der Waals surface area contributed by atoms with Crippen molar-refractivity contribution in [2.24, 2.45) is 5.10 Å². The first-order valence-corrected chi connectivity index (χ1v) is 6.82. The van der Waals surface area contributed by atoms with E-state index in [9.17, 15) is 4.79 Å². The average Bonchev–Trinajstić information content (AvgIpc) is 2.47. The van der Waals surface area contributed by atoms with E-state index in [0.29, 0.717) is 11.4 Å². The predicted octanol–water partition coefficient (Wildman–Crippen LogP) is 2.41. The number of benzene rings is 1. The summed E-state index contributed by atoms with van der Waals surface area (Å²) in [6.45, 7) is 1.90. The van der Waals surface area contributed by atoms with Gasteiger partial charge in [-0.25, -0.2) is 4.79 Å². The van der Waals surface area contributed by atoms with Gasteiger partial charge in [0.25, 0.3) is 0 Å². The van der Waals surface area contributed by atoms with Crippen LogP contribution in [0.1, 0.15) is 21.7 Å². The lowest BCUT2D eigenvalue weighted by molar-refractivity contribution is 0.0697. The minimum absolute atomic E-state index is 0.181. The molecule has 0 aliphatic heterocycles. The lowest BCUT2D eigenvalue weighted by Gasteiger charge is -2.07. The minimum atomic E-state index is -0.994.